The third kappa shape index (κ3) is 3.67. The van der Waals surface area contributed by atoms with E-state index in [4.69, 9.17) is 0 Å². The van der Waals surface area contributed by atoms with E-state index in [0.717, 1.165) is 0 Å². The summed E-state index contributed by atoms with van der Waals surface area (Å²) in [5, 5.41) is -3.27. The molecule has 0 radical (unpaired) electrons. The second-order valence-electron chi connectivity index (χ2n) is 5.32. The van der Waals surface area contributed by atoms with Gasteiger partial charge in [0.1, 0.15) is 6.54 Å². The Kier molecular flexibility index (Phi) is 5.11. The Balaban J connectivity index is 2.82. The van der Waals surface area contributed by atoms with Gasteiger partial charge >= 0.3 is 35.8 Å². The molecule has 27 heavy (non-hydrogen) atoms. The Hall–Kier alpha value is -2.09. The molecule has 0 aliphatic heterocycles. The summed E-state index contributed by atoms with van der Waals surface area (Å²) < 4.78 is 124. The van der Waals surface area contributed by atoms with Gasteiger partial charge in [-0.25, -0.2) is 26.0 Å². The molecule has 0 unspecified atom stereocenters. The molecule has 6 nitrogen and oxygen atoms in total. The summed E-state index contributed by atoms with van der Waals surface area (Å²) in [7, 11) is -11.7. The van der Waals surface area contributed by atoms with Crippen LogP contribution in [0.25, 0.3) is 0 Å². The molecule has 1 aromatic heterocycles. The van der Waals surface area contributed by atoms with Crippen molar-refractivity contribution in [1.82, 2.24) is 4.57 Å². The molecule has 0 spiro atoms. The van der Waals surface area contributed by atoms with Gasteiger partial charge in [-0.15, -0.1) is 0 Å². The third-order valence-corrected chi connectivity index (χ3v) is 6.59. The van der Waals surface area contributed by atoms with E-state index in [1.165, 1.54) is 24.3 Å². The smallest absolute Gasteiger partial charge is 0.214 e. The van der Waals surface area contributed by atoms with Crippen molar-refractivity contribution in [3.8, 4) is 0 Å². The van der Waals surface area contributed by atoms with Crippen LogP contribution in [0.15, 0.2) is 46.7 Å². The molecular weight excluding hydrogens is 426 g/mol. The fourth-order valence-electron chi connectivity index (χ4n) is 2.26. The minimum absolute atomic E-state index is 0.144. The molecule has 1 heterocycles. The van der Waals surface area contributed by atoms with Crippen molar-refractivity contribution in [3.05, 3.63) is 42.1 Å². The minimum atomic E-state index is -6.15. The monoisotopic (exact) mass is 437 g/mol. The number of imidazole rings is 1. The van der Waals surface area contributed by atoms with E-state index in [1.54, 1.807) is 6.07 Å². The van der Waals surface area contributed by atoms with Crippen LogP contribution in [0.1, 0.15) is 5.56 Å². The summed E-state index contributed by atoms with van der Waals surface area (Å²) in [4.78, 5) is 0. The highest BCUT2D eigenvalue weighted by Gasteiger charge is 2.58. The van der Waals surface area contributed by atoms with Crippen molar-refractivity contribution in [2.75, 3.05) is 0 Å². The average Bonchev–Trinajstić information content (AvgIpc) is 2.83. The first-order valence-electron chi connectivity index (χ1n) is 6.86. The molecule has 0 fully saturated rings. The number of alkyl halides is 6. The highest BCUT2D eigenvalue weighted by molar-refractivity contribution is 7.92. The van der Waals surface area contributed by atoms with Crippen molar-refractivity contribution in [2.24, 2.45) is 7.05 Å². The first-order chi connectivity index (χ1) is 12.1. The second-order valence-corrected chi connectivity index (χ2v) is 9.04. The normalized spacial score (nSPS) is 13.7. The molecular formula is C13H11F6N2O4S2+. The first kappa shape index (κ1) is 21.2. The molecule has 2 aromatic rings. The van der Waals surface area contributed by atoms with Gasteiger partial charge in [0, 0.05) is 0 Å². The molecule has 0 aliphatic rings. The van der Waals surface area contributed by atoms with Crippen LogP contribution in [0.2, 0.25) is 0 Å². The largest absolute Gasteiger partial charge is 0.509 e. The van der Waals surface area contributed by atoms with Crippen LogP contribution in [0.4, 0.5) is 26.3 Å². The van der Waals surface area contributed by atoms with E-state index < -0.39 is 47.4 Å². The first-order valence-corrected chi connectivity index (χ1v) is 9.83. The van der Waals surface area contributed by atoms with Crippen LogP contribution in [0, 0.1) is 0 Å². The number of aromatic nitrogens is 2. The Morgan fingerprint density at radius 3 is 1.81 bits per heavy atom. The topological polar surface area (TPSA) is 77.1 Å². The summed E-state index contributed by atoms with van der Waals surface area (Å²) >= 11 is 0. The summed E-state index contributed by atoms with van der Waals surface area (Å²) in [6.07, 6.45) is 0.217. The van der Waals surface area contributed by atoms with Crippen molar-refractivity contribution in [2.45, 2.75) is 27.7 Å². The number of benzene rings is 1. The second kappa shape index (κ2) is 6.51. The zero-order chi connectivity index (χ0) is 20.8. The highest BCUT2D eigenvalue weighted by atomic mass is 32.2. The van der Waals surface area contributed by atoms with Crippen molar-refractivity contribution in [3.63, 3.8) is 0 Å². The molecule has 0 aliphatic carbocycles. The molecule has 150 valence electrons. The summed E-state index contributed by atoms with van der Waals surface area (Å²) in [5.41, 5.74) is -11.4. The summed E-state index contributed by atoms with van der Waals surface area (Å²) in [6.45, 7) is -0.604. The van der Waals surface area contributed by atoms with E-state index in [1.807, 2.05) is 0 Å². The van der Waals surface area contributed by atoms with E-state index in [-0.39, 0.29) is 16.3 Å². The molecule has 14 heteroatoms. The van der Waals surface area contributed by atoms with E-state index in [0.29, 0.717) is 11.6 Å². The zero-order valence-electron chi connectivity index (χ0n) is 13.3. The Labute approximate surface area is 149 Å². The lowest BCUT2D eigenvalue weighted by atomic mass is 10.2. The quantitative estimate of drug-likeness (QED) is 0.541. The van der Waals surface area contributed by atoms with E-state index in [9.17, 15) is 43.2 Å². The number of hydrogen-bond acceptors (Lipinski definition) is 4. The molecule has 0 bridgehead atoms. The Bertz CT molecular complexity index is 1050. The zero-order valence-corrected chi connectivity index (χ0v) is 14.9. The lowest BCUT2D eigenvalue weighted by molar-refractivity contribution is -0.726. The van der Waals surface area contributed by atoms with Crippen molar-refractivity contribution < 1.29 is 47.7 Å². The maximum Gasteiger partial charge on any atom is 0.509 e. The number of hydrogen-bond donors (Lipinski definition) is 0. The molecule has 1 aromatic carbocycles. The average molecular weight is 437 g/mol. The van der Waals surface area contributed by atoms with Gasteiger partial charge in [0.15, 0.2) is 6.20 Å². The maximum atomic E-state index is 13.0. The lowest BCUT2D eigenvalue weighted by Gasteiger charge is -2.08. The molecule has 0 saturated carbocycles. The molecule has 0 N–H and O–H groups in total. The predicted octanol–water partition coefficient (Wildman–Crippen LogP) is 1.95. The van der Waals surface area contributed by atoms with Crippen molar-refractivity contribution >= 4 is 19.7 Å². The molecule has 2 rings (SSSR count). The summed E-state index contributed by atoms with van der Waals surface area (Å²) in [5.74, 6) is 0. The fourth-order valence-corrected chi connectivity index (χ4v) is 4.36. The standard InChI is InChI=1S/C13H11F6N2O4S2/c1-20-10(26(22,23)12(14,15)16)8-21(7-9-5-3-2-4-6-9)11(20)27(24,25)13(17,18)19/h2-6,8H,7H2,1H3/q+1. The molecule has 0 saturated heterocycles. The van der Waals surface area contributed by atoms with Gasteiger partial charge in [-0.1, -0.05) is 30.3 Å². The van der Waals surface area contributed by atoms with Crippen LogP contribution in [-0.4, -0.2) is 32.4 Å². The van der Waals surface area contributed by atoms with Crippen LogP contribution in [-0.2, 0) is 33.3 Å². The van der Waals surface area contributed by atoms with Crippen LogP contribution in [0.5, 0.6) is 0 Å². The van der Waals surface area contributed by atoms with E-state index in [2.05, 4.69) is 0 Å². The van der Waals surface area contributed by atoms with Crippen LogP contribution < -0.4 is 4.57 Å². The van der Waals surface area contributed by atoms with Gasteiger partial charge in [0.05, 0.1) is 7.05 Å². The number of halogens is 6. The number of rotatable bonds is 4. The van der Waals surface area contributed by atoms with Crippen LogP contribution in [0.3, 0.4) is 0 Å². The third-order valence-electron chi connectivity index (χ3n) is 3.45. The molecule has 0 amide bonds. The lowest BCUT2D eigenvalue weighted by Crippen LogP contribution is -2.43. The van der Waals surface area contributed by atoms with Gasteiger partial charge < -0.3 is 0 Å². The highest BCUT2D eigenvalue weighted by Crippen LogP contribution is 2.33. The van der Waals surface area contributed by atoms with Crippen molar-refractivity contribution in [1.29, 1.82) is 0 Å². The Morgan fingerprint density at radius 2 is 1.37 bits per heavy atom. The number of sulfone groups is 2. The SMILES string of the molecule is Cn1c(S(=O)(=O)C(F)(F)F)c[n+](Cc2ccccc2)c1S(=O)(=O)C(F)(F)F. The van der Waals surface area contributed by atoms with Crippen LogP contribution >= 0.6 is 0 Å². The van der Waals surface area contributed by atoms with Gasteiger partial charge in [-0.05, 0) is 5.56 Å². The van der Waals surface area contributed by atoms with Gasteiger partial charge in [0.2, 0.25) is 0 Å². The predicted molar refractivity (Wildman–Crippen MR) is 77.6 cm³/mol. The maximum absolute atomic E-state index is 13.0. The summed E-state index contributed by atoms with van der Waals surface area (Å²) in [6, 6.07) is 7.23. The van der Waals surface area contributed by atoms with Gasteiger partial charge in [-0.3, -0.25) is 0 Å². The minimum Gasteiger partial charge on any atom is -0.214 e. The van der Waals surface area contributed by atoms with Gasteiger partial charge in [0.25, 0.3) is 5.03 Å². The van der Waals surface area contributed by atoms with Gasteiger partial charge in [-0.2, -0.15) is 26.3 Å². The molecule has 0 atom stereocenters. The van der Waals surface area contributed by atoms with E-state index >= 15 is 0 Å². The fraction of sp³-hybridized carbons (Fsp3) is 0.308. The Morgan fingerprint density at radius 1 is 0.889 bits per heavy atom. The number of nitrogens with zero attached hydrogens (tertiary/aromatic N) is 2.